The predicted octanol–water partition coefficient (Wildman–Crippen LogP) is -0.622. The van der Waals surface area contributed by atoms with Gasteiger partial charge in [-0.05, 0) is 37.3 Å². The van der Waals surface area contributed by atoms with Crippen molar-refractivity contribution in [3.05, 3.63) is 58.7 Å². The van der Waals surface area contributed by atoms with E-state index < -0.39 is 0 Å². The SMILES string of the molecule is Cc1c(C(=O)NCC(c2ccco2)[NH+]2CCOCC2)oc2ccc(Cl)cc12.[Cl-]. The fourth-order valence-corrected chi connectivity index (χ4v) is 3.77. The largest absolute Gasteiger partial charge is 1.00 e. The third kappa shape index (κ3) is 4.20. The van der Waals surface area contributed by atoms with E-state index in [1.54, 1.807) is 18.4 Å². The number of hydrogen-bond donors (Lipinski definition) is 2. The van der Waals surface area contributed by atoms with Gasteiger partial charge in [0.25, 0.3) is 5.91 Å². The lowest BCUT2D eigenvalue weighted by Gasteiger charge is -2.30. The third-order valence-corrected chi connectivity index (χ3v) is 5.32. The van der Waals surface area contributed by atoms with Crippen molar-refractivity contribution in [3.63, 3.8) is 0 Å². The summed E-state index contributed by atoms with van der Waals surface area (Å²) in [5.41, 5.74) is 1.45. The molecule has 1 saturated heterocycles. The van der Waals surface area contributed by atoms with E-state index in [1.165, 1.54) is 4.90 Å². The lowest BCUT2D eigenvalue weighted by Crippen LogP contribution is -3.15. The summed E-state index contributed by atoms with van der Waals surface area (Å²) in [5.74, 6) is 0.951. The van der Waals surface area contributed by atoms with Crippen LogP contribution in [0.5, 0.6) is 0 Å². The Kier molecular flexibility index (Phi) is 6.67. The van der Waals surface area contributed by atoms with E-state index in [-0.39, 0.29) is 24.4 Å². The van der Waals surface area contributed by atoms with Gasteiger partial charge in [-0.15, -0.1) is 0 Å². The van der Waals surface area contributed by atoms with E-state index in [9.17, 15) is 4.79 Å². The van der Waals surface area contributed by atoms with Crippen LogP contribution >= 0.6 is 11.6 Å². The average molecular weight is 425 g/mol. The van der Waals surface area contributed by atoms with Crippen LogP contribution in [0.3, 0.4) is 0 Å². The number of amides is 1. The second-order valence-corrected chi connectivity index (χ2v) is 7.18. The predicted molar refractivity (Wildman–Crippen MR) is 101 cm³/mol. The Labute approximate surface area is 174 Å². The molecule has 2 N–H and O–H groups in total. The highest BCUT2D eigenvalue weighted by Gasteiger charge is 2.29. The van der Waals surface area contributed by atoms with E-state index in [1.807, 2.05) is 25.1 Å². The van der Waals surface area contributed by atoms with Gasteiger partial charge in [0.15, 0.2) is 17.6 Å². The minimum atomic E-state index is -0.232. The molecule has 1 aromatic carbocycles. The quantitative estimate of drug-likeness (QED) is 0.572. The Morgan fingerprint density at radius 3 is 2.79 bits per heavy atom. The number of quaternary nitrogens is 1. The van der Waals surface area contributed by atoms with Gasteiger partial charge in [-0.1, -0.05) is 11.6 Å². The zero-order valence-corrected chi connectivity index (χ0v) is 17.0. The molecule has 1 unspecified atom stereocenters. The highest BCUT2D eigenvalue weighted by molar-refractivity contribution is 6.31. The van der Waals surface area contributed by atoms with Crippen LogP contribution in [-0.2, 0) is 4.74 Å². The molecule has 6 nitrogen and oxygen atoms in total. The zero-order chi connectivity index (χ0) is 18.8. The van der Waals surface area contributed by atoms with E-state index in [4.69, 9.17) is 25.2 Å². The summed E-state index contributed by atoms with van der Waals surface area (Å²) in [6.07, 6.45) is 1.66. The number of furan rings is 2. The molecule has 3 aromatic rings. The number of ether oxygens (including phenoxy) is 1. The number of carbonyl (C=O) groups excluding carboxylic acids is 1. The Morgan fingerprint density at radius 1 is 1.29 bits per heavy atom. The van der Waals surface area contributed by atoms with Gasteiger partial charge in [0, 0.05) is 16.0 Å². The molecule has 2 aromatic heterocycles. The Balaban J connectivity index is 0.00000225. The number of hydrogen-bond acceptors (Lipinski definition) is 4. The molecule has 1 amide bonds. The molecule has 150 valence electrons. The Morgan fingerprint density at radius 2 is 2.07 bits per heavy atom. The van der Waals surface area contributed by atoms with Crippen molar-refractivity contribution in [2.75, 3.05) is 32.8 Å². The van der Waals surface area contributed by atoms with Crippen LogP contribution in [0, 0.1) is 6.92 Å². The van der Waals surface area contributed by atoms with Gasteiger partial charge < -0.3 is 36.2 Å². The van der Waals surface area contributed by atoms with Crippen molar-refractivity contribution < 1.29 is 35.7 Å². The molecule has 1 atom stereocenters. The molecule has 1 aliphatic rings. The lowest BCUT2D eigenvalue weighted by molar-refractivity contribution is -0.938. The zero-order valence-electron chi connectivity index (χ0n) is 15.5. The fraction of sp³-hybridized carbons (Fsp3) is 0.350. The topological polar surface area (TPSA) is 69.0 Å². The molecule has 3 heterocycles. The molecule has 1 fully saturated rings. The maximum Gasteiger partial charge on any atom is 0.287 e. The third-order valence-electron chi connectivity index (χ3n) is 5.09. The van der Waals surface area contributed by atoms with Crippen molar-refractivity contribution in [3.8, 4) is 0 Å². The van der Waals surface area contributed by atoms with Crippen molar-refractivity contribution in [2.45, 2.75) is 13.0 Å². The van der Waals surface area contributed by atoms with E-state index >= 15 is 0 Å². The number of carbonyl (C=O) groups is 1. The van der Waals surface area contributed by atoms with Crippen LogP contribution in [0.25, 0.3) is 11.0 Å². The first kappa shape index (κ1) is 20.7. The van der Waals surface area contributed by atoms with Crippen LogP contribution < -0.4 is 22.6 Å². The highest BCUT2D eigenvalue weighted by atomic mass is 35.5. The van der Waals surface area contributed by atoms with Gasteiger partial charge in [0.1, 0.15) is 18.7 Å². The summed E-state index contributed by atoms with van der Waals surface area (Å²) >= 11 is 6.06. The van der Waals surface area contributed by atoms with Gasteiger partial charge in [-0.25, -0.2) is 0 Å². The summed E-state index contributed by atoms with van der Waals surface area (Å²) in [7, 11) is 0. The fourth-order valence-electron chi connectivity index (χ4n) is 3.60. The number of fused-ring (bicyclic) bond motifs is 1. The van der Waals surface area contributed by atoms with Gasteiger partial charge in [-0.2, -0.15) is 0 Å². The second kappa shape index (κ2) is 9.01. The minimum absolute atomic E-state index is 0. The first-order valence-corrected chi connectivity index (χ1v) is 9.44. The van der Waals surface area contributed by atoms with Crippen LogP contribution in [-0.4, -0.2) is 38.8 Å². The van der Waals surface area contributed by atoms with E-state index in [0.717, 1.165) is 29.8 Å². The molecule has 8 heteroatoms. The summed E-state index contributed by atoms with van der Waals surface area (Å²) < 4.78 is 16.8. The van der Waals surface area contributed by atoms with Gasteiger partial charge >= 0.3 is 0 Å². The van der Waals surface area contributed by atoms with Crippen molar-refractivity contribution in [2.24, 2.45) is 0 Å². The molecule has 28 heavy (non-hydrogen) atoms. The normalized spacial score (nSPS) is 15.9. The second-order valence-electron chi connectivity index (χ2n) is 6.75. The standard InChI is InChI=1S/C20H21ClN2O4.ClH/c1-13-15-11-14(21)4-5-17(15)27-19(13)20(24)22-12-16(18-3-2-8-26-18)23-6-9-25-10-7-23;/h2-5,8,11,16H,6-7,9-10,12H2,1H3,(H,22,24);1H. The number of halogens is 2. The summed E-state index contributed by atoms with van der Waals surface area (Å²) in [4.78, 5) is 14.1. The lowest BCUT2D eigenvalue weighted by atomic mass is 10.1. The van der Waals surface area contributed by atoms with Crippen LogP contribution in [0.15, 0.2) is 45.4 Å². The monoisotopic (exact) mass is 424 g/mol. The van der Waals surface area contributed by atoms with Crippen molar-refractivity contribution >= 4 is 28.5 Å². The van der Waals surface area contributed by atoms with Crippen molar-refractivity contribution in [1.82, 2.24) is 5.32 Å². The maximum atomic E-state index is 12.8. The van der Waals surface area contributed by atoms with E-state index in [0.29, 0.717) is 36.1 Å². The van der Waals surface area contributed by atoms with Gasteiger partial charge in [0.05, 0.1) is 26.0 Å². The Bertz CT molecular complexity index is 933. The number of rotatable bonds is 5. The first-order valence-electron chi connectivity index (χ1n) is 9.06. The molecular formula is C20H22Cl2N2O4. The number of morpholine rings is 1. The molecule has 0 radical (unpaired) electrons. The summed E-state index contributed by atoms with van der Waals surface area (Å²) in [6.45, 7) is 5.51. The molecule has 0 spiro atoms. The molecule has 0 aliphatic carbocycles. The molecule has 4 rings (SSSR count). The maximum absolute atomic E-state index is 12.8. The summed E-state index contributed by atoms with van der Waals surface area (Å²) in [5, 5.41) is 4.49. The number of nitrogens with one attached hydrogen (secondary N) is 2. The minimum Gasteiger partial charge on any atom is -1.00 e. The average Bonchev–Trinajstić information content (AvgIpc) is 3.32. The molecule has 1 aliphatic heterocycles. The van der Waals surface area contributed by atoms with Crippen molar-refractivity contribution in [1.29, 1.82) is 0 Å². The van der Waals surface area contributed by atoms with Gasteiger partial charge in [0.2, 0.25) is 0 Å². The first-order chi connectivity index (χ1) is 13.1. The number of aryl methyl sites for hydroxylation is 1. The van der Waals surface area contributed by atoms with Crippen LogP contribution in [0.4, 0.5) is 0 Å². The van der Waals surface area contributed by atoms with Crippen LogP contribution in [0.1, 0.15) is 27.9 Å². The van der Waals surface area contributed by atoms with Crippen LogP contribution in [0.2, 0.25) is 5.02 Å². The molecule has 0 bridgehead atoms. The van der Waals surface area contributed by atoms with E-state index in [2.05, 4.69) is 5.32 Å². The smallest absolute Gasteiger partial charge is 0.287 e. The number of benzene rings is 1. The molecular weight excluding hydrogens is 403 g/mol. The Hall–Kier alpha value is -1.99. The molecule has 0 saturated carbocycles. The van der Waals surface area contributed by atoms with Gasteiger partial charge in [-0.3, -0.25) is 4.79 Å². The summed E-state index contributed by atoms with van der Waals surface area (Å²) in [6, 6.07) is 9.21. The highest BCUT2D eigenvalue weighted by Crippen LogP contribution is 2.27.